The molecule has 2 unspecified atom stereocenters. The lowest BCUT2D eigenvalue weighted by Gasteiger charge is -2.23. The molecule has 0 aromatic rings. The maximum Gasteiger partial charge on any atom is 0.142 e. The number of carbonyl (C=O) groups is 1. The number of hydrogen-bond acceptors (Lipinski definition) is 3. The van der Waals surface area contributed by atoms with Crippen molar-refractivity contribution in [3.63, 3.8) is 0 Å². The van der Waals surface area contributed by atoms with Gasteiger partial charge in [-0.1, -0.05) is 13.5 Å². The Morgan fingerprint density at radius 1 is 1.82 bits per heavy atom. The van der Waals surface area contributed by atoms with Gasteiger partial charge in [-0.05, 0) is 12.2 Å². The normalized spacial score (nSPS) is 30.1. The molecule has 0 spiro atoms. The molecule has 0 aromatic heterocycles. The van der Waals surface area contributed by atoms with Crippen molar-refractivity contribution in [3.8, 4) is 0 Å². The molecular formula is C8H11NO2. The van der Waals surface area contributed by atoms with Crippen molar-refractivity contribution >= 4 is 6.29 Å². The maximum atomic E-state index is 10.4. The predicted molar refractivity (Wildman–Crippen MR) is 41.5 cm³/mol. The zero-order valence-electron chi connectivity index (χ0n) is 6.41. The van der Waals surface area contributed by atoms with Gasteiger partial charge in [0.1, 0.15) is 18.1 Å². The second kappa shape index (κ2) is 3.34. The molecule has 1 aliphatic rings. The number of hydroxylamine groups is 1. The number of allylic oxidation sites excluding steroid dienone is 1. The predicted octanol–water partition coefficient (Wildman–Crippen LogP) is 0.795. The van der Waals surface area contributed by atoms with Crippen molar-refractivity contribution in [2.75, 3.05) is 0 Å². The van der Waals surface area contributed by atoms with Crippen LogP contribution < -0.4 is 5.48 Å². The SMILES string of the molecule is C=CC1=CC(C)C(C=O)NO1. The van der Waals surface area contributed by atoms with E-state index in [-0.39, 0.29) is 12.0 Å². The third-order valence-corrected chi connectivity index (χ3v) is 1.65. The van der Waals surface area contributed by atoms with E-state index < -0.39 is 0 Å². The Kier molecular flexibility index (Phi) is 2.44. The van der Waals surface area contributed by atoms with Gasteiger partial charge in [-0.3, -0.25) is 0 Å². The lowest BCUT2D eigenvalue weighted by atomic mass is 10.0. The molecule has 0 saturated carbocycles. The van der Waals surface area contributed by atoms with Crippen LogP contribution in [0.2, 0.25) is 0 Å². The number of aldehydes is 1. The van der Waals surface area contributed by atoms with E-state index >= 15 is 0 Å². The summed E-state index contributed by atoms with van der Waals surface area (Å²) in [6, 6.07) is -0.237. The lowest BCUT2D eigenvalue weighted by Crippen LogP contribution is -2.38. The molecule has 1 heterocycles. The zero-order valence-corrected chi connectivity index (χ0v) is 6.41. The van der Waals surface area contributed by atoms with Gasteiger partial charge in [-0.15, -0.1) is 5.48 Å². The maximum absolute atomic E-state index is 10.4. The molecule has 0 radical (unpaired) electrons. The van der Waals surface area contributed by atoms with E-state index in [0.717, 1.165) is 6.29 Å². The van der Waals surface area contributed by atoms with Gasteiger partial charge in [-0.25, -0.2) is 0 Å². The van der Waals surface area contributed by atoms with Gasteiger partial charge in [0, 0.05) is 5.92 Å². The van der Waals surface area contributed by atoms with Crippen molar-refractivity contribution in [2.24, 2.45) is 5.92 Å². The molecule has 0 aliphatic carbocycles. The van der Waals surface area contributed by atoms with Crippen LogP contribution in [0.5, 0.6) is 0 Å². The summed E-state index contributed by atoms with van der Waals surface area (Å²) in [6.07, 6.45) is 4.30. The Bertz CT molecular complexity index is 198. The largest absolute Gasteiger partial charge is 0.408 e. The minimum absolute atomic E-state index is 0.161. The van der Waals surface area contributed by atoms with Crippen LogP contribution in [-0.2, 0) is 9.63 Å². The number of hydrogen-bond donors (Lipinski definition) is 1. The quantitative estimate of drug-likeness (QED) is 0.596. The van der Waals surface area contributed by atoms with Crippen LogP contribution in [0.3, 0.4) is 0 Å². The van der Waals surface area contributed by atoms with Gasteiger partial charge >= 0.3 is 0 Å². The molecule has 1 rings (SSSR count). The van der Waals surface area contributed by atoms with Crippen LogP contribution in [0.1, 0.15) is 6.92 Å². The third-order valence-electron chi connectivity index (χ3n) is 1.65. The van der Waals surface area contributed by atoms with Gasteiger partial charge in [0.15, 0.2) is 0 Å². The summed E-state index contributed by atoms with van der Waals surface area (Å²) in [6.45, 7) is 5.49. The van der Waals surface area contributed by atoms with Crippen molar-refractivity contribution < 1.29 is 9.63 Å². The fourth-order valence-electron chi connectivity index (χ4n) is 0.902. The molecule has 1 N–H and O–H groups in total. The fourth-order valence-corrected chi connectivity index (χ4v) is 0.902. The van der Waals surface area contributed by atoms with E-state index in [1.807, 2.05) is 13.0 Å². The van der Waals surface area contributed by atoms with Gasteiger partial charge in [0.25, 0.3) is 0 Å². The average Bonchev–Trinajstić information content (AvgIpc) is 2.04. The number of nitrogens with one attached hydrogen (secondary N) is 1. The lowest BCUT2D eigenvalue weighted by molar-refractivity contribution is -0.114. The Labute approximate surface area is 65.7 Å². The van der Waals surface area contributed by atoms with Crippen molar-refractivity contribution in [2.45, 2.75) is 13.0 Å². The van der Waals surface area contributed by atoms with E-state index in [4.69, 9.17) is 4.84 Å². The highest BCUT2D eigenvalue weighted by Crippen LogP contribution is 2.13. The summed E-state index contributed by atoms with van der Waals surface area (Å²) in [5.41, 5.74) is 2.61. The third kappa shape index (κ3) is 1.68. The summed E-state index contributed by atoms with van der Waals surface area (Å²) in [4.78, 5) is 15.3. The van der Waals surface area contributed by atoms with Crippen LogP contribution >= 0.6 is 0 Å². The monoisotopic (exact) mass is 153 g/mol. The van der Waals surface area contributed by atoms with Gasteiger partial charge in [0.05, 0.1) is 0 Å². The molecule has 2 atom stereocenters. The summed E-state index contributed by atoms with van der Waals surface area (Å²) >= 11 is 0. The summed E-state index contributed by atoms with van der Waals surface area (Å²) < 4.78 is 0. The molecule has 3 nitrogen and oxygen atoms in total. The first kappa shape index (κ1) is 8.01. The highest BCUT2D eigenvalue weighted by atomic mass is 16.7. The van der Waals surface area contributed by atoms with Gasteiger partial charge in [0.2, 0.25) is 0 Å². The van der Waals surface area contributed by atoms with Crippen LogP contribution in [0, 0.1) is 5.92 Å². The van der Waals surface area contributed by atoms with Crippen LogP contribution in [0.4, 0.5) is 0 Å². The van der Waals surface area contributed by atoms with E-state index in [2.05, 4.69) is 12.1 Å². The van der Waals surface area contributed by atoms with Crippen LogP contribution in [0.15, 0.2) is 24.5 Å². The minimum atomic E-state index is -0.237. The fraction of sp³-hybridized carbons (Fsp3) is 0.375. The van der Waals surface area contributed by atoms with Crippen molar-refractivity contribution in [1.29, 1.82) is 0 Å². The van der Waals surface area contributed by atoms with Gasteiger partial charge in [-0.2, -0.15) is 0 Å². The Morgan fingerprint density at radius 2 is 2.55 bits per heavy atom. The summed E-state index contributed by atoms with van der Waals surface area (Å²) in [5.74, 6) is 0.838. The molecule has 60 valence electrons. The molecule has 0 fully saturated rings. The van der Waals surface area contributed by atoms with Crippen LogP contribution in [0.25, 0.3) is 0 Å². The van der Waals surface area contributed by atoms with E-state index in [1.54, 1.807) is 6.08 Å². The highest BCUT2D eigenvalue weighted by Gasteiger charge is 2.19. The van der Waals surface area contributed by atoms with E-state index in [9.17, 15) is 4.79 Å². The molecule has 11 heavy (non-hydrogen) atoms. The second-order valence-corrected chi connectivity index (χ2v) is 2.51. The standard InChI is InChI=1S/C8H11NO2/c1-3-7-4-6(2)8(5-10)9-11-7/h3-6,8-9H,1H2,2H3. The molecule has 0 bridgehead atoms. The van der Waals surface area contributed by atoms with Crippen molar-refractivity contribution in [3.05, 3.63) is 24.5 Å². The first-order valence-electron chi connectivity index (χ1n) is 3.50. The first-order valence-corrected chi connectivity index (χ1v) is 3.50. The highest BCUT2D eigenvalue weighted by molar-refractivity contribution is 5.58. The van der Waals surface area contributed by atoms with Crippen LogP contribution in [-0.4, -0.2) is 12.3 Å². The molecular weight excluding hydrogens is 142 g/mol. The summed E-state index contributed by atoms with van der Waals surface area (Å²) in [7, 11) is 0. The Morgan fingerprint density at radius 3 is 3.00 bits per heavy atom. The van der Waals surface area contributed by atoms with E-state index in [1.165, 1.54) is 0 Å². The summed E-state index contributed by atoms with van der Waals surface area (Å²) in [5, 5.41) is 0. The molecule has 0 saturated heterocycles. The van der Waals surface area contributed by atoms with E-state index in [0.29, 0.717) is 5.76 Å². The Hall–Kier alpha value is -1.09. The minimum Gasteiger partial charge on any atom is -0.408 e. The molecule has 3 heteroatoms. The smallest absolute Gasteiger partial charge is 0.142 e. The molecule has 1 aliphatic heterocycles. The number of rotatable bonds is 2. The second-order valence-electron chi connectivity index (χ2n) is 2.51. The Balaban J connectivity index is 2.68. The zero-order chi connectivity index (χ0) is 8.27. The van der Waals surface area contributed by atoms with Gasteiger partial charge < -0.3 is 9.63 Å². The number of carbonyl (C=O) groups excluding carboxylic acids is 1. The topological polar surface area (TPSA) is 38.3 Å². The first-order chi connectivity index (χ1) is 5.27. The molecule has 0 aromatic carbocycles. The molecule has 0 amide bonds. The van der Waals surface area contributed by atoms with Crippen molar-refractivity contribution in [1.82, 2.24) is 5.48 Å². The average molecular weight is 153 g/mol.